The maximum absolute atomic E-state index is 12.0. The lowest BCUT2D eigenvalue weighted by atomic mass is 10.1. The Morgan fingerprint density at radius 1 is 1.36 bits per heavy atom. The lowest BCUT2D eigenvalue weighted by molar-refractivity contribution is -0.124. The van der Waals surface area contributed by atoms with E-state index in [0.717, 1.165) is 23.1 Å². The molecule has 0 saturated heterocycles. The second-order valence-electron chi connectivity index (χ2n) is 6.11. The SMILES string of the molecule is CC(C)[C@@H](C)NC(=O)COc1ncnc2sc3c(c12)CCC3. The standard InChI is InChI=1S/C16H21N3O2S/c1-9(2)10(3)19-13(20)7-21-15-14-11-5-4-6-12(11)22-16(14)18-8-17-15/h8-10H,4-7H2,1-3H3,(H,19,20)/t10-/m1/s1. The van der Waals surface area contributed by atoms with Crippen LogP contribution in [0, 0.1) is 5.92 Å². The fourth-order valence-electron chi connectivity index (χ4n) is 2.61. The predicted octanol–water partition coefficient (Wildman–Crippen LogP) is 2.72. The van der Waals surface area contributed by atoms with Crippen LogP contribution in [0.2, 0.25) is 0 Å². The molecule has 1 atom stereocenters. The van der Waals surface area contributed by atoms with Gasteiger partial charge in [-0.3, -0.25) is 4.79 Å². The van der Waals surface area contributed by atoms with Crippen molar-refractivity contribution in [3.05, 3.63) is 16.8 Å². The summed E-state index contributed by atoms with van der Waals surface area (Å²) in [6.45, 7) is 6.15. The monoisotopic (exact) mass is 319 g/mol. The molecule has 0 bridgehead atoms. The minimum absolute atomic E-state index is 0.00616. The van der Waals surface area contributed by atoms with Crippen LogP contribution in [0.25, 0.3) is 10.2 Å². The van der Waals surface area contributed by atoms with E-state index in [1.54, 1.807) is 11.3 Å². The summed E-state index contributed by atoms with van der Waals surface area (Å²) in [5.41, 5.74) is 1.31. The van der Waals surface area contributed by atoms with Crippen molar-refractivity contribution in [3.63, 3.8) is 0 Å². The Kier molecular flexibility index (Phi) is 4.29. The molecular formula is C16H21N3O2S. The minimum Gasteiger partial charge on any atom is -0.467 e. The van der Waals surface area contributed by atoms with E-state index in [2.05, 4.69) is 29.1 Å². The third-order valence-electron chi connectivity index (χ3n) is 4.20. The molecule has 0 unspecified atom stereocenters. The highest BCUT2D eigenvalue weighted by atomic mass is 32.1. The van der Waals surface area contributed by atoms with Crippen molar-refractivity contribution in [3.8, 4) is 5.88 Å². The highest BCUT2D eigenvalue weighted by molar-refractivity contribution is 7.18. The Morgan fingerprint density at radius 2 is 2.18 bits per heavy atom. The van der Waals surface area contributed by atoms with E-state index in [4.69, 9.17) is 4.74 Å². The number of carbonyl (C=O) groups is 1. The first-order valence-electron chi connectivity index (χ1n) is 7.73. The number of aryl methyl sites for hydroxylation is 2. The van der Waals surface area contributed by atoms with E-state index >= 15 is 0 Å². The largest absolute Gasteiger partial charge is 0.467 e. The summed E-state index contributed by atoms with van der Waals surface area (Å²) < 4.78 is 5.69. The van der Waals surface area contributed by atoms with Gasteiger partial charge >= 0.3 is 0 Å². The van der Waals surface area contributed by atoms with Crippen molar-refractivity contribution in [1.82, 2.24) is 15.3 Å². The van der Waals surface area contributed by atoms with Crippen LogP contribution in [0.1, 0.15) is 37.6 Å². The molecule has 0 aromatic carbocycles. The van der Waals surface area contributed by atoms with Gasteiger partial charge in [-0.1, -0.05) is 13.8 Å². The van der Waals surface area contributed by atoms with Crippen molar-refractivity contribution in [1.29, 1.82) is 0 Å². The Hall–Kier alpha value is -1.69. The number of nitrogens with one attached hydrogen (secondary N) is 1. The van der Waals surface area contributed by atoms with Crippen molar-refractivity contribution in [2.45, 2.75) is 46.1 Å². The van der Waals surface area contributed by atoms with Crippen molar-refractivity contribution in [2.75, 3.05) is 6.61 Å². The van der Waals surface area contributed by atoms with Crippen LogP contribution >= 0.6 is 11.3 Å². The fraction of sp³-hybridized carbons (Fsp3) is 0.562. The Labute approximate surface area is 134 Å². The zero-order chi connectivity index (χ0) is 15.7. The van der Waals surface area contributed by atoms with Gasteiger partial charge < -0.3 is 10.1 Å². The third kappa shape index (κ3) is 2.92. The Morgan fingerprint density at radius 3 is 2.95 bits per heavy atom. The van der Waals surface area contributed by atoms with Gasteiger partial charge in [-0.25, -0.2) is 9.97 Å². The van der Waals surface area contributed by atoms with E-state index in [9.17, 15) is 4.79 Å². The smallest absolute Gasteiger partial charge is 0.258 e. The molecule has 3 rings (SSSR count). The summed E-state index contributed by atoms with van der Waals surface area (Å²) in [5.74, 6) is 0.825. The first-order valence-corrected chi connectivity index (χ1v) is 8.55. The van der Waals surface area contributed by atoms with Crippen LogP contribution < -0.4 is 10.1 Å². The molecule has 1 N–H and O–H groups in total. The number of rotatable bonds is 5. The highest BCUT2D eigenvalue weighted by Gasteiger charge is 2.22. The van der Waals surface area contributed by atoms with Gasteiger partial charge in [0.05, 0.1) is 5.39 Å². The molecule has 0 spiro atoms. The molecule has 2 aromatic rings. The topological polar surface area (TPSA) is 64.1 Å². The number of thiophene rings is 1. The summed E-state index contributed by atoms with van der Waals surface area (Å²) in [6, 6.07) is 0.131. The van der Waals surface area contributed by atoms with Crippen LogP contribution in [0.15, 0.2) is 6.33 Å². The lowest BCUT2D eigenvalue weighted by Crippen LogP contribution is -2.39. The Bertz CT molecular complexity index is 696. The van der Waals surface area contributed by atoms with Gasteiger partial charge in [-0.05, 0) is 37.7 Å². The highest BCUT2D eigenvalue weighted by Crippen LogP contribution is 2.39. The first-order chi connectivity index (χ1) is 10.6. The molecule has 1 aliphatic rings. The Balaban J connectivity index is 1.73. The summed E-state index contributed by atoms with van der Waals surface area (Å²) in [5, 5.41) is 3.94. The average Bonchev–Trinajstić information content (AvgIpc) is 3.05. The van der Waals surface area contributed by atoms with Crippen molar-refractivity contribution >= 4 is 27.5 Å². The molecule has 2 heterocycles. The summed E-state index contributed by atoms with van der Waals surface area (Å²) in [7, 11) is 0. The lowest BCUT2D eigenvalue weighted by Gasteiger charge is -2.17. The van der Waals surface area contributed by atoms with Gasteiger partial charge in [-0.15, -0.1) is 11.3 Å². The molecule has 5 nitrogen and oxygen atoms in total. The molecule has 0 fully saturated rings. The van der Waals surface area contributed by atoms with Crippen LogP contribution in [0.3, 0.4) is 0 Å². The molecule has 22 heavy (non-hydrogen) atoms. The molecule has 1 aliphatic carbocycles. The number of carbonyl (C=O) groups excluding carboxylic acids is 1. The van der Waals surface area contributed by atoms with Gasteiger partial charge in [0.2, 0.25) is 5.88 Å². The van der Waals surface area contributed by atoms with E-state index in [-0.39, 0.29) is 18.6 Å². The predicted molar refractivity (Wildman–Crippen MR) is 87.4 cm³/mol. The van der Waals surface area contributed by atoms with Crippen molar-refractivity contribution in [2.24, 2.45) is 5.92 Å². The second kappa shape index (κ2) is 6.20. The number of nitrogens with zero attached hydrogens (tertiary/aromatic N) is 2. The molecule has 1 amide bonds. The van der Waals surface area contributed by atoms with Crippen molar-refractivity contribution < 1.29 is 9.53 Å². The fourth-order valence-corrected chi connectivity index (χ4v) is 3.82. The minimum atomic E-state index is -0.111. The molecule has 118 valence electrons. The van der Waals surface area contributed by atoms with E-state index in [1.807, 2.05) is 6.92 Å². The zero-order valence-corrected chi connectivity index (χ0v) is 14.0. The van der Waals surface area contributed by atoms with Crippen LogP contribution in [0.5, 0.6) is 5.88 Å². The molecule has 6 heteroatoms. The van der Waals surface area contributed by atoms with E-state index in [1.165, 1.54) is 23.2 Å². The molecular weight excluding hydrogens is 298 g/mol. The van der Waals surface area contributed by atoms with Gasteiger partial charge in [0.15, 0.2) is 6.61 Å². The molecule has 2 aromatic heterocycles. The van der Waals surface area contributed by atoms with Gasteiger partial charge in [-0.2, -0.15) is 0 Å². The first kappa shape index (κ1) is 15.2. The number of hydrogen-bond acceptors (Lipinski definition) is 5. The van der Waals surface area contributed by atoms with E-state index < -0.39 is 0 Å². The van der Waals surface area contributed by atoms with Gasteiger partial charge in [0.25, 0.3) is 5.91 Å². The van der Waals surface area contributed by atoms with Gasteiger partial charge in [0, 0.05) is 10.9 Å². The summed E-state index contributed by atoms with van der Waals surface area (Å²) in [4.78, 5) is 22.9. The number of ether oxygens (including phenoxy) is 1. The number of hydrogen-bond donors (Lipinski definition) is 1. The molecule has 0 radical (unpaired) electrons. The maximum Gasteiger partial charge on any atom is 0.258 e. The molecule has 0 aliphatic heterocycles. The van der Waals surface area contributed by atoms with Gasteiger partial charge in [0.1, 0.15) is 11.2 Å². The molecule has 0 saturated carbocycles. The normalized spacial score (nSPS) is 15.1. The zero-order valence-electron chi connectivity index (χ0n) is 13.2. The summed E-state index contributed by atoms with van der Waals surface area (Å²) in [6.07, 6.45) is 4.85. The maximum atomic E-state index is 12.0. The second-order valence-corrected chi connectivity index (χ2v) is 7.19. The van der Waals surface area contributed by atoms with Crippen LogP contribution in [-0.2, 0) is 17.6 Å². The van der Waals surface area contributed by atoms with Crippen LogP contribution in [0.4, 0.5) is 0 Å². The quantitative estimate of drug-likeness (QED) is 0.920. The summed E-state index contributed by atoms with van der Waals surface area (Å²) >= 11 is 1.72. The third-order valence-corrected chi connectivity index (χ3v) is 5.40. The number of fused-ring (bicyclic) bond motifs is 3. The number of aromatic nitrogens is 2. The van der Waals surface area contributed by atoms with E-state index in [0.29, 0.717) is 11.8 Å². The number of amides is 1. The average molecular weight is 319 g/mol. The van der Waals surface area contributed by atoms with Crippen LogP contribution in [-0.4, -0.2) is 28.5 Å².